The van der Waals surface area contributed by atoms with Crippen molar-refractivity contribution in [1.29, 1.82) is 0 Å². The van der Waals surface area contributed by atoms with Crippen molar-refractivity contribution < 1.29 is 23.9 Å². The molecule has 2 N–H and O–H groups in total. The van der Waals surface area contributed by atoms with Gasteiger partial charge in [0, 0.05) is 18.6 Å². The van der Waals surface area contributed by atoms with Gasteiger partial charge in [-0.1, -0.05) is 18.2 Å². The Morgan fingerprint density at radius 2 is 2.05 bits per heavy atom. The normalized spacial score (nSPS) is 12.8. The Morgan fingerprint density at radius 3 is 2.60 bits per heavy atom. The predicted molar refractivity (Wildman–Crippen MR) is 71.3 cm³/mol. The fourth-order valence-electron chi connectivity index (χ4n) is 1.55. The highest BCUT2D eigenvalue weighted by Gasteiger charge is 2.20. The largest absolute Gasteiger partial charge is 0.442 e. The Hall–Kier alpha value is -1.66. The van der Waals surface area contributed by atoms with E-state index in [1.807, 2.05) is 0 Å². The van der Waals surface area contributed by atoms with Gasteiger partial charge in [0.2, 0.25) is 0 Å². The summed E-state index contributed by atoms with van der Waals surface area (Å²) in [4.78, 5) is 16.6. The summed E-state index contributed by atoms with van der Waals surface area (Å²) < 4.78 is 18.7. The number of nitrogens with one attached hydrogen (secondary N) is 1. The molecule has 0 aromatic heterocycles. The van der Waals surface area contributed by atoms with Gasteiger partial charge in [-0.2, -0.15) is 5.48 Å². The quantitative estimate of drug-likeness (QED) is 0.816. The van der Waals surface area contributed by atoms with Crippen LogP contribution in [0.3, 0.4) is 0 Å². The molecule has 1 atom stereocenters. The lowest BCUT2D eigenvalue weighted by Crippen LogP contribution is -2.33. The molecule has 0 bridgehead atoms. The van der Waals surface area contributed by atoms with Crippen LogP contribution in [0.2, 0.25) is 0 Å². The predicted octanol–water partition coefficient (Wildman–Crippen LogP) is 2.71. The number of aliphatic hydroxyl groups is 1. The number of hydrogen-bond acceptors (Lipinski definition) is 4. The number of amides is 1. The van der Waals surface area contributed by atoms with Crippen LogP contribution in [0.15, 0.2) is 24.3 Å². The maximum absolute atomic E-state index is 13.7. The first-order chi connectivity index (χ1) is 9.33. The van der Waals surface area contributed by atoms with Crippen molar-refractivity contribution in [1.82, 2.24) is 5.48 Å². The standard InChI is InChI=1S/C14H20FNO4/c1-14(2,3)19-13(18)16-20-12(8-9-17)10-6-4-5-7-11(10)15/h4-7,12,17H,8-9H2,1-3H3,(H,16,18). The molecule has 0 spiro atoms. The molecule has 1 unspecified atom stereocenters. The van der Waals surface area contributed by atoms with Crippen LogP contribution in [-0.4, -0.2) is 23.4 Å². The van der Waals surface area contributed by atoms with E-state index in [1.54, 1.807) is 32.9 Å². The van der Waals surface area contributed by atoms with Crippen molar-refractivity contribution in [2.24, 2.45) is 0 Å². The van der Waals surface area contributed by atoms with E-state index >= 15 is 0 Å². The van der Waals surface area contributed by atoms with E-state index in [1.165, 1.54) is 12.1 Å². The maximum Gasteiger partial charge on any atom is 0.431 e. The summed E-state index contributed by atoms with van der Waals surface area (Å²) in [5.41, 5.74) is 1.72. The van der Waals surface area contributed by atoms with Gasteiger partial charge in [0.1, 0.15) is 17.5 Å². The summed E-state index contributed by atoms with van der Waals surface area (Å²) in [6, 6.07) is 6.03. The van der Waals surface area contributed by atoms with Crippen LogP contribution < -0.4 is 5.48 Å². The monoisotopic (exact) mass is 285 g/mol. The fourth-order valence-corrected chi connectivity index (χ4v) is 1.55. The smallest absolute Gasteiger partial charge is 0.431 e. The van der Waals surface area contributed by atoms with Gasteiger partial charge in [-0.15, -0.1) is 0 Å². The van der Waals surface area contributed by atoms with Gasteiger partial charge in [0.25, 0.3) is 0 Å². The third kappa shape index (κ3) is 5.54. The maximum atomic E-state index is 13.7. The Morgan fingerprint density at radius 1 is 1.40 bits per heavy atom. The van der Waals surface area contributed by atoms with Crippen LogP contribution in [0.4, 0.5) is 9.18 Å². The van der Waals surface area contributed by atoms with Gasteiger partial charge in [0.15, 0.2) is 0 Å². The van der Waals surface area contributed by atoms with E-state index < -0.39 is 23.6 Å². The second-order valence-electron chi connectivity index (χ2n) is 5.24. The first kappa shape index (κ1) is 16.4. The Kier molecular flexibility index (Phi) is 5.91. The number of rotatable bonds is 5. The number of halogens is 1. The van der Waals surface area contributed by atoms with Gasteiger partial charge in [-0.25, -0.2) is 9.18 Å². The van der Waals surface area contributed by atoms with Gasteiger partial charge in [-0.3, -0.25) is 4.84 Å². The van der Waals surface area contributed by atoms with Gasteiger partial charge >= 0.3 is 6.09 Å². The van der Waals surface area contributed by atoms with Gasteiger partial charge < -0.3 is 9.84 Å². The van der Waals surface area contributed by atoms with Crippen LogP contribution in [0.25, 0.3) is 0 Å². The highest BCUT2D eigenvalue weighted by Crippen LogP contribution is 2.22. The van der Waals surface area contributed by atoms with Crippen LogP contribution in [0.1, 0.15) is 38.9 Å². The van der Waals surface area contributed by atoms with Gasteiger partial charge in [0.05, 0.1) is 0 Å². The molecule has 0 aliphatic heterocycles. The number of benzene rings is 1. The lowest BCUT2D eigenvalue weighted by molar-refractivity contribution is -0.0516. The van der Waals surface area contributed by atoms with Crippen molar-refractivity contribution in [2.45, 2.75) is 38.9 Å². The van der Waals surface area contributed by atoms with Crippen molar-refractivity contribution in [2.75, 3.05) is 6.61 Å². The molecule has 1 rings (SSSR count). The van der Waals surface area contributed by atoms with Crippen LogP contribution in [-0.2, 0) is 9.57 Å². The van der Waals surface area contributed by atoms with E-state index in [0.717, 1.165) is 0 Å². The number of hydrogen-bond donors (Lipinski definition) is 2. The number of carbonyl (C=O) groups is 1. The average molecular weight is 285 g/mol. The molecule has 1 aromatic rings. The zero-order valence-corrected chi connectivity index (χ0v) is 11.9. The van der Waals surface area contributed by atoms with Gasteiger partial charge in [-0.05, 0) is 26.8 Å². The van der Waals surface area contributed by atoms with Crippen molar-refractivity contribution >= 4 is 6.09 Å². The van der Waals surface area contributed by atoms with Crippen molar-refractivity contribution in [3.8, 4) is 0 Å². The highest BCUT2D eigenvalue weighted by molar-refractivity contribution is 5.66. The molecule has 0 saturated heterocycles. The van der Waals surface area contributed by atoms with E-state index in [-0.39, 0.29) is 18.6 Å². The molecule has 0 heterocycles. The second kappa shape index (κ2) is 7.21. The summed E-state index contributed by atoms with van der Waals surface area (Å²) in [6.07, 6.45) is -1.40. The fraction of sp³-hybridized carbons (Fsp3) is 0.500. The van der Waals surface area contributed by atoms with Crippen LogP contribution >= 0.6 is 0 Å². The number of carbonyl (C=O) groups excluding carboxylic acids is 1. The van der Waals surface area contributed by atoms with E-state index in [2.05, 4.69) is 5.48 Å². The zero-order valence-electron chi connectivity index (χ0n) is 11.9. The summed E-state index contributed by atoms with van der Waals surface area (Å²) in [5.74, 6) is -0.461. The third-order valence-electron chi connectivity index (χ3n) is 2.33. The molecule has 6 heteroatoms. The minimum atomic E-state index is -0.784. The van der Waals surface area contributed by atoms with Crippen LogP contribution in [0.5, 0.6) is 0 Å². The first-order valence-electron chi connectivity index (χ1n) is 6.33. The van der Waals surface area contributed by atoms with Crippen molar-refractivity contribution in [3.63, 3.8) is 0 Å². The average Bonchev–Trinajstić information content (AvgIpc) is 2.33. The molecule has 0 aliphatic rings. The number of aliphatic hydroxyl groups excluding tert-OH is 1. The molecule has 0 fully saturated rings. The lowest BCUT2D eigenvalue weighted by Gasteiger charge is -2.22. The SMILES string of the molecule is CC(C)(C)OC(=O)NOC(CCO)c1ccccc1F. The first-order valence-corrected chi connectivity index (χ1v) is 6.33. The summed E-state index contributed by atoms with van der Waals surface area (Å²) in [7, 11) is 0. The van der Waals surface area contributed by atoms with E-state index in [9.17, 15) is 9.18 Å². The number of hydroxylamine groups is 1. The molecular weight excluding hydrogens is 265 g/mol. The topological polar surface area (TPSA) is 67.8 Å². The molecule has 20 heavy (non-hydrogen) atoms. The summed E-state index contributed by atoms with van der Waals surface area (Å²) in [5, 5.41) is 8.99. The summed E-state index contributed by atoms with van der Waals surface area (Å²) in [6.45, 7) is 4.95. The minimum Gasteiger partial charge on any atom is -0.442 e. The van der Waals surface area contributed by atoms with E-state index in [4.69, 9.17) is 14.7 Å². The zero-order chi connectivity index (χ0) is 15.2. The second-order valence-corrected chi connectivity index (χ2v) is 5.24. The van der Waals surface area contributed by atoms with Crippen LogP contribution in [0, 0.1) is 5.82 Å². The Balaban J connectivity index is 2.65. The molecule has 0 radical (unpaired) electrons. The lowest BCUT2D eigenvalue weighted by atomic mass is 10.1. The molecule has 1 aromatic carbocycles. The summed E-state index contributed by atoms with van der Waals surface area (Å²) >= 11 is 0. The Bertz CT molecular complexity index is 445. The molecule has 112 valence electrons. The molecule has 1 amide bonds. The molecule has 0 saturated carbocycles. The molecular formula is C14H20FNO4. The number of ether oxygens (including phenoxy) is 1. The minimum absolute atomic E-state index is 0.150. The van der Waals surface area contributed by atoms with E-state index in [0.29, 0.717) is 0 Å². The Labute approximate surface area is 117 Å². The molecule has 0 aliphatic carbocycles. The van der Waals surface area contributed by atoms with Crippen molar-refractivity contribution in [3.05, 3.63) is 35.6 Å². The third-order valence-corrected chi connectivity index (χ3v) is 2.33. The highest BCUT2D eigenvalue weighted by atomic mass is 19.1. The molecule has 5 nitrogen and oxygen atoms in total.